The van der Waals surface area contributed by atoms with Gasteiger partial charge in [0.05, 0.1) is 11.3 Å². The summed E-state index contributed by atoms with van der Waals surface area (Å²) in [5, 5.41) is 2.87. The van der Waals surface area contributed by atoms with E-state index >= 15 is 0 Å². The molecule has 2 N–H and O–H groups in total. The maximum atomic E-state index is 12.6. The highest BCUT2D eigenvalue weighted by atomic mass is 32.2. The molecule has 0 spiro atoms. The van der Waals surface area contributed by atoms with Crippen molar-refractivity contribution in [3.05, 3.63) is 59.7 Å². The maximum absolute atomic E-state index is 12.6. The van der Waals surface area contributed by atoms with Gasteiger partial charge in [-0.1, -0.05) is 30.3 Å². The number of anilines is 2. The van der Waals surface area contributed by atoms with Crippen LogP contribution in [0.3, 0.4) is 0 Å². The minimum Gasteiger partial charge on any atom is -0.377 e. The molecule has 0 saturated carbocycles. The first-order valence-corrected chi connectivity index (χ1v) is 9.61. The SMILES string of the molecule is CCS(=O)(=O)Nc1ccc(N(C)C)c(C(=O)NCc2ccccc2)c1. The molecule has 0 aromatic heterocycles. The van der Waals surface area contributed by atoms with Gasteiger partial charge in [-0.05, 0) is 30.7 Å². The van der Waals surface area contributed by atoms with Crippen LogP contribution in [0.1, 0.15) is 22.8 Å². The summed E-state index contributed by atoms with van der Waals surface area (Å²) in [4.78, 5) is 14.4. The van der Waals surface area contributed by atoms with Crippen LogP contribution in [-0.4, -0.2) is 34.2 Å². The van der Waals surface area contributed by atoms with Crippen LogP contribution in [0.2, 0.25) is 0 Å². The zero-order valence-electron chi connectivity index (χ0n) is 14.6. The minimum atomic E-state index is -3.40. The summed E-state index contributed by atoms with van der Waals surface area (Å²) in [5.74, 6) is -0.289. The van der Waals surface area contributed by atoms with E-state index < -0.39 is 10.0 Å². The van der Waals surface area contributed by atoms with Gasteiger partial charge in [-0.25, -0.2) is 8.42 Å². The lowest BCUT2D eigenvalue weighted by Gasteiger charge is -2.18. The molecule has 7 heteroatoms. The molecule has 0 aliphatic heterocycles. The second kappa shape index (κ2) is 8.02. The number of carbonyl (C=O) groups excluding carboxylic acids is 1. The van der Waals surface area contributed by atoms with Gasteiger partial charge in [0, 0.05) is 32.0 Å². The van der Waals surface area contributed by atoms with E-state index in [2.05, 4.69) is 10.0 Å². The van der Waals surface area contributed by atoms with Gasteiger partial charge in [-0.3, -0.25) is 9.52 Å². The molecule has 1 amide bonds. The molecular weight excluding hydrogens is 338 g/mol. The number of nitrogens with zero attached hydrogens (tertiary/aromatic N) is 1. The van der Waals surface area contributed by atoms with Crippen molar-refractivity contribution in [2.45, 2.75) is 13.5 Å². The number of nitrogens with one attached hydrogen (secondary N) is 2. The lowest BCUT2D eigenvalue weighted by molar-refractivity contribution is 0.0951. The Bertz CT molecular complexity index is 834. The molecule has 0 saturated heterocycles. The number of sulfonamides is 1. The number of amides is 1. The fraction of sp³-hybridized carbons (Fsp3) is 0.278. The van der Waals surface area contributed by atoms with Crippen LogP contribution in [0.4, 0.5) is 11.4 Å². The Hall–Kier alpha value is -2.54. The van der Waals surface area contributed by atoms with Gasteiger partial charge in [0.1, 0.15) is 0 Å². The monoisotopic (exact) mass is 361 g/mol. The quantitative estimate of drug-likeness (QED) is 0.794. The highest BCUT2D eigenvalue weighted by Gasteiger charge is 2.15. The smallest absolute Gasteiger partial charge is 0.253 e. The van der Waals surface area contributed by atoms with Crippen LogP contribution in [0, 0.1) is 0 Å². The average molecular weight is 361 g/mol. The van der Waals surface area contributed by atoms with Gasteiger partial charge in [-0.2, -0.15) is 0 Å². The highest BCUT2D eigenvalue weighted by Crippen LogP contribution is 2.23. The van der Waals surface area contributed by atoms with Crippen LogP contribution in [0.5, 0.6) is 0 Å². The fourth-order valence-electron chi connectivity index (χ4n) is 2.30. The normalized spacial score (nSPS) is 11.0. The van der Waals surface area contributed by atoms with Crippen LogP contribution in [-0.2, 0) is 16.6 Å². The molecule has 0 unspecified atom stereocenters. The first-order valence-electron chi connectivity index (χ1n) is 7.96. The molecule has 134 valence electrons. The number of hydrogen-bond acceptors (Lipinski definition) is 4. The zero-order chi connectivity index (χ0) is 18.4. The second-order valence-corrected chi connectivity index (χ2v) is 7.81. The average Bonchev–Trinajstić information content (AvgIpc) is 2.60. The molecule has 2 aromatic carbocycles. The molecule has 2 rings (SSSR count). The lowest BCUT2D eigenvalue weighted by Crippen LogP contribution is -2.26. The summed E-state index contributed by atoms with van der Waals surface area (Å²) in [5.41, 5.74) is 2.49. The Morgan fingerprint density at radius 3 is 2.36 bits per heavy atom. The lowest BCUT2D eigenvalue weighted by atomic mass is 10.1. The van der Waals surface area contributed by atoms with Crippen molar-refractivity contribution in [3.8, 4) is 0 Å². The van der Waals surface area contributed by atoms with Crippen LogP contribution >= 0.6 is 0 Å². The van der Waals surface area contributed by atoms with E-state index in [-0.39, 0.29) is 11.7 Å². The minimum absolute atomic E-state index is 0.0298. The summed E-state index contributed by atoms with van der Waals surface area (Å²) in [6, 6.07) is 14.5. The first kappa shape index (κ1) is 18.8. The second-order valence-electron chi connectivity index (χ2n) is 5.80. The number of hydrogen-bond donors (Lipinski definition) is 2. The molecule has 0 heterocycles. The van der Waals surface area contributed by atoms with Crippen molar-refractivity contribution in [1.29, 1.82) is 0 Å². The number of rotatable bonds is 7. The topological polar surface area (TPSA) is 78.5 Å². The van der Waals surface area contributed by atoms with E-state index in [1.807, 2.05) is 49.3 Å². The molecule has 0 fully saturated rings. The molecule has 0 radical (unpaired) electrons. The Balaban J connectivity index is 2.24. The van der Waals surface area contributed by atoms with Crippen LogP contribution < -0.4 is 14.9 Å². The summed E-state index contributed by atoms with van der Waals surface area (Å²) in [6.07, 6.45) is 0. The standard InChI is InChI=1S/C18H23N3O3S/c1-4-25(23,24)20-15-10-11-17(21(2)3)16(12-15)18(22)19-13-14-8-6-5-7-9-14/h5-12,20H,4,13H2,1-3H3,(H,19,22). The summed E-state index contributed by atoms with van der Waals surface area (Å²) < 4.78 is 26.0. The first-order chi connectivity index (χ1) is 11.8. The largest absolute Gasteiger partial charge is 0.377 e. The summed E-state index contributed by atoms with van der Waals surface area (Å²) in [7, 11) is 0.266. The third-order valence-electron chi connectivity index (χ3n) is 3.67. The van der Waals surface area contributed by atoms with Gasteiger partial charge in [-0.15, -0.1) is 0 Å². The highest BCUT2D eigenvalue weighted by molar-refractivity contribution is 7.92. The zero-order valence-corrected chi connectivity index (χ0v) is 15.4. The van der Waals surface area contributed by atoms with Gasteiger partial charge >= 0.3 is 0 Å². The summed E-state index contributed by atoms with van der Waals surface area (Å²) in [6.45, 7) is 1.96. The van der Waals surface area contributed by atoms with Crippen molar-refractivity contribution in [2.24, 2.45) is 0 Å². The number of benzene rings is 2. The van der Waals surface area contributed by atoms with E-state index in [4.69, 9.17) is 0 Å². The third kappa shape index (κ3) is 5.22. The van der Waals surface area contributed by atoms with Gasteiger partial charge in [0.2, 0.25) is 10.0 Å². The van der Waals surface area contributed by atoms with Crippen molar-refractivity contribution in [1.82, 2.24) is 5.32 Å². The van der Waals surface area contributed by atoms with Gasteiger partial charge < -0.3 is 10.2 Å². The van der Waals surface area contributed by atoms with Crippen molar-refractivity contribution >= 4 is 27.3 Å². The van der Waals surface area contributed by atoms with Crippen LogP contribution in [0.15, 0.2) is 48.5 Å². The van der Waals surface area contributed by atoms with Gasteiger partial charge in [0.15, 0.2) is 0 Å². The predicted molar refractivity (Wildman–Crippen MR) is 101 cm³/mol. The number of carbonyl (C=O) groups is 1. The van der Waals surface area contributed by atoms with E-state index in [9.17, 15) is 13.2 Å². The van der Waals surface area contributed by atoms with E-state index in [0.717, 1.165) is 5.56 Å². The molecule has 0 bridgehead atoms. The molecule has 0 aliphatic rings. The molecule has 25 heavy (non-hydrogen) atoms. The third-order valence-corrected chi connectivity index (χ3v) is 4.98. The Morgan fingerprint density at radius 1 is 1.08 bits per heavy atom. The van der Waals surface area contributed by atoms with Crippen molar-refractivity contribution in [3.63, 3.8) is 0 Å². The fourth-order valence-corrected chi connectivity index (χ4v) is 2.93. The Kier molecular flexibility index (Phi) is 6.03. The Labute approximate surface area is 148 Å². The van der Waals surface area contributed by atoms with E-state index in [0.29, 0.717) is 23.5 Å². The van der Waals surface area contributed by atoms with Crippen molar-refractivity contribution in [2.75, 3.05) is 29.5 Å². The van der Waals surface area contributed by atoms with E-state index in [1.54, 1.807) is 25.1 Å². The molecule has 2 aromatic rings. The van der Waals surface area contributed by atoms with E-state index in [1.165, 1.54) is 0 Å². The molecular formula is C18H23N3O3S. The molecule has 0 aliphatic carbocycles. The molecule has 6 nitrogen and oxygen atoms in total. The Morgan fingerprint density at radius 2 is 1.76 bits per heavy atom. The predicted octanol–water partition coefficient (Wildman–Crippen LogP) is 2.44. The van der Waals surface area contributed by atoms with Gasteiger partial charge in [0.25, 0.3) is 5.91 Å². The maximum Gasteiger partial charge on any atom is 0.253 e. The van der Waals surface area contributed by atoms with Crippen LogP contribution in [0.25, 0.3) is 0 Å². The summed E-state index contributed by atoms with van der Waals surface area (Å²) >= 11 is 0. The molecule has 0 atom stereocenters. The van der Waals surface area contributed by atoms with Crippen molar-refractivity contribution < 1.29 is 13.2 Å².